The van der Waals surface area contributed by atoms with Gasteiger partial charge < -0.3 is 11.5 Å². The predicted octanol–water partition coefficient (Wildman–Crippen LogP) is 5.24. The second-order valence-electron chi connectivity index (χ2n) is 10.4. The molecule has 2 heteroatoms. The molecule has 1 atom stereocenters. The molecule has 0 amide bonds. The van der Waals surface area contributed by atoms with E-state index < -0.39 is 0 Å². The van der Waals surface area contributed by atoms with Gasteiger partial charge in [-0.15, -0.1) is 0 Å². The van der Waals surface area contributed by atoms with Crippen molar-refractivity contribution in [1.82, 2.24) is 0 Å². The molecule has 0 radical (unpaired) electrons. The van der Waals surface area contributed by atoms with E-state index in [2.05, 4.69) is 41.5 Å². The first-order valence-electron chi connectivity index (χ1n) is 10.0. The fraction of sp³-hybridized carbons (Fsp3) is 1.00. The van der Waals surface area contributed by atoms with Gasteiger partial charge in [0.15, 0.2) is 0 Å². The first kappa shape index (κ1) is 19.2. The number of nitrogens with two attached hydrogens (primary N) is 2. The van der Waals surface area contributed by atoms with Crippen LogP contribution in [0.2, 0.25) is 0 Å². The molecule has 0 aliphatic heterocycles. The molecule has 0 bridgehead atoms. The molecule has 4 N–H and O–H groups in total. The molecule has 0 aromatic carbocycles. The van der Waals surface area contributed by atoms with E-state index in [1.54, 1.807) is 0 Å². The highest BCUT2D eigenvalue weighted by atomic mass is 14.9. The largest absolute Gasteiger partial charge is 0.325 e. The molecule has 2 saturated carbocycles. The molecule has 0 spiro atoms. The topological polar surface area (TPSA) is 52.0 Å². The molecular weight excluding hydrogens is 280 g/mol. The van der Waals surface area contributed by atoms with Crippen LogP contribution in [0.1, 0.15) is 99.3 Å². The van der Waals surface area contributed by atoms with Crippen LogP contribution < -0.4 is 11.5 Å². The molecule has 2 nitrogen and oxygen atoms in total. The first-order valence-corrected chi connectivity index (χ1v) is 10.0. The Balaban J connectivity index is 2.31. The number of rotatable bonds is 4. The van der Waals surface area contributed by atoms with E-state index in [1.807, 2.05) is 0 Å². The van der Waals surface area contributed by atoms with E-state index in [-0.39, 0.29) is 16.5 Å². The number of hydrogen-bond acceptors (Lipinski definition) is 2. The van der Waals surface area contributed by atoms with Gasteiger partial charge >= 0.3 is 0 Å². The average molecular weight is 323 g/mol. The van der Waals surface area contributed by atoms with Crippen molar-refractivity contribution in [3.63, 3.8) is 0 Å². The number of hydrogen-bond donors (Lipinski definition) is 2. The minimum Gasteiger partial charge on any atom is -0.325 e. The lowest BCUT2D eigenvalue weighted by atomic mass is 9.48. The molecule has 0 aromatic heterocycles. The minimum atomic E-state index is -0.133. The highest BCUT2D eigenvalue weighted by molar-refractivity contribution is 5.12. The summed E-state index contributed by atoms with van der Waals surface area (Å²) in [5.41, 5.74) is 14.5. The summed E-state index contributed by atoms with van der Waals surface area (Å²) < 4.78 is 0. The molecule has 23 heavy (non-hydrogen) atoms. The smallest absolute Gasteiger partial charge is 0.0229 e. The van der Waals surface area contributed by atoms with E-state index >= 15 is 0 Å². The van der Waals surface area contributed by atoms with Gasteiger partial charge in [-0.2, -0.15) is 0 Å². The second kappa shape index (κ2) is 6.33. The van der Waals surface area contributed by atoms with Gasteiger partial charge in [0, 0.05) is 11.1 Å². The Hall–Kier alpha value is -0.0800. The Bertz CT molecular complexity index is 396. The lowest BCUT2D eigenvalue weighted by Gasteiger charge is -2.60. The normalized spacial score (nSPS) is 33.1. The SMILES string of the molecule is CC(C)C1(C(C)C)CCC(C)(C)C(N)(CC2(N)CCCCC2)C1. The monoisotopic (exact) mass is 322 g/mol. The van der Waals surface area contributed by atoms with Gasteiger partial charge in [-0.05, 0) is 61.2 Å². The molecule has 1 unspecified atom stereocenters. The van der Waals surface area contributed by atoms with Crippen LogP contribution in [-0.2, 0) is 0 Å². The van der Waals surface area contributed by atoms with Gasteiger partial charge in [0.1, 0.15) is 0 Å². The molecule has 0 heterocycles. The van der Waals surface area contributed by atoms with Crippen LogP contribution in [0.5, 0.6) is 0 Å². The minimum absolute atomic E-state index is 0.0265. The van der Waals surface area contributed by atoms with Crippen LogP contribution >= 0.6 is 0 Å². The van der Waals surface area contributed by atoms with Crippen molar-refractivity contribution in [2.45, 2.75) is 110 Å². The average Bonchev–Trinajstić information content (AvgIpc) is 2.41. The summed E-state index contributed by atoms with van der Waals surface area (Å²) in [6.07, 6.45) is 10.9. The Kier molecular flexibility index (Phi) is 5.30. The van der Waals surface area contributed by atoms with Crippen molar-refractivity contribution in [3.8, 4) is 0 Å². The van der Waals surface area contributed by atoms with E-state index in [1.165, 1.54) is 44.9 Å². The molecule has 0 aromatic rings. The maximum absolute atomic E-state index is 7.22. The summed E-state index contributed by atoms with van der Waals surface area (Å²) in [4.78, 5) is 0. The van der Waals surface area contributed by atoms with Gasteiger partial charge in [0.2, 0.25) is 0 Å². The Morgan fingerprint density at radius 1 is 0.783 bits per heavy atom. The van der Waals surface area contributed by atoms with Crippen molar-refractivity contribution < 1.29 is 0 Å². The maximum Gasteiger partial charge on any atom is 0.0229 e. The van der Waals surface area contributed by atoms with Crippen LogP contribution in [0.4, 0.5) is 0 Å². The van der Waals surface area contributed by atoms with Gasteiger partial charge in [0.05, 0.1) is 0 Å². The van der Waals surface area contributed by atoms with Crippen LogP contribution in [0, 0.1) is 22.7 Å². The zero-order valence-corrected chi connectivity index (χ0v) is 16.7. The van der Waals surface area contributed by atoms with Crippen LogP contribution in [0.15, 0.2) is 0 Å². The third kappa shape index (κ3) is 3.49. The fourth-order valence-corrected chi connectivity index (χ4v) is 5.72. The van der Waals surface area contributed by atoms with Gasteiger partial charge in [-0.3, -0.25) is 0 Å². The summed E-state index contributed by atoms with van der Waals surface area (Å²) in [5, 5.41) is 0. The lowest BCUT2D eigenvalue weighted by Crippen LogP contribution is -2.65. The van der Waals surface area contributed by atoms with E-state index in [9.17, 15) is 0 Å². The molecule has 2 aliphatic rings. The third-order valence-corrected chi connectivity index (χ3v) is 8.02. The lowest BCUT2D eigenvalue weighted by molar-refractivity contribution is -0.0597. The Labute approximate surface area is 145 Å². The van der Waals surface area contributed by atoms with Gasteiger partial charge in [0.25, 0.3) is 0 Å². The molecular formula is C21H42N2. The van der Waals surface area contributed by atoms with Crippen LogP contribution in [-0.4, -0.2) is 11.1 Å². The molecule has 2 fully saturated rings. The highest BCUT2D eigenvalue weighted by Crippen LogP contribution is 2.58. The third-order valence-electron chi connectivity index (χ3n) is 8.02. The maximum atomic E-state index is 7.22. The molecule has 2 rings (SSSR count). The van der Waals surface area contributed by atoms with E-state index in [0.29, 0.717) is 17.3 Å². The first-order chi connectivity index (χ1) is 10.5. The second-order valence-corrected chi connectivity index (χ2v) is 10.4. The van der Waals surface area contributed by atoms with Crippen molar-refractivity contribution in [2.75, 3.05) is 0 Å². The summed E-state index contributed by atoms with van der Waals surface area (Å²) in [6, 6.07) is 0. The van der Waals surface area contributed by atoms with Crippen molar-refractivity contribution in [2.24, 2.45) is 34.1 Å². The molecule has 0 saturated heterocycles. The van der Waals surface area contributed by atoms with Crippen LogP contribution in [0.3, 0.4) is 0 Å². The highest BCUT2D eigenvalue weighted by Gasteiger charge is 2.56. The van der Waals surface area contributed by atoms with Crippen LogP contribution in [0.25, 0.3) is 0 Å². The van der Waals surface area contributed by atoms with Gasteiger partial charge in [-0.1, -0.05) is 60.8 Å². The summed E-state index contributed by atoms with van der Waals surface area (Å²) >= 11 is 0. The van der Waals surface area contributed by atoms with E-state index in [0.717, 1.165) is 12.8 Å². The van der Waals surface area contributed by atoms with Crippen molar-refractivity contribution >= 4 is 0 Å². The van der Waals surface area contributed by atoms with Gasteiger partial charge in [-0.25, -0.2) is 0 Å². The predicted molar refractivity (Wildman–Crippen MR) is 101 cm³/mol. The molecule has 136 valence electrons. The standard InChI is InChI=1S/C21H42N2/c1-16(2)20(17(3)4)13-12-18(5,6)21(23,15-20)14-19(22)10-8-7-9-11-19/h16-17H,7-15,22-23H2,1-6H3. The summed E-state index contributed by atoms with van der Waals surface area (Å²) in [6.45, 7) is 14.4. The summed E-state index contributed by atoms with van der Waals surface area (Å²) in [5.74, 6) is 1.36. The Morgan fingerprint density at radius 3 is 1.78 bits per heavy atom. The zero-order chi connectivity index (χ0) is 17.5. The zero-order valence-electron chi connectivity index (χ0n) is 16.7. The fourth-order valence-electron chi connectivity index (χ4n) is 5.72. The van der Waals surface area contributed by atoms with E-state index in [4.69, 9.17) is 11.5 Å². The summed E-state index contributed by atoms with van der Waals surface area (Å²) in [7, 11) is 0. The van der Waals surface area contributed by atoms with Crippen molar-refractivity contribution in [1.29, 1.82) is 0 Å². The quantitative estimate of drug-likeness (QED) is 0.743. The Morgan fingerprint density at radius 2 is 1.30 bits per heavy atom. The molecule has 2 aliphatic carbocycles. The van der Waals surface area contributed by atoms with Crippen molar-refractivity contribution in [3.05, 3.63) is 0 Å².